The van der Waals surface area contributed by atoms with Gasteiger partial charge in [-0.15, -0.1) is 0 Å². The van der Waals surface area contributed by atoms with E-state index in [0.29, 0.717) is 28.7 Å². The molecule has 0 atom stereocenters. The molecular formula is C14H21ClN2OS. The fraction of sp³-hybridized carbons (Fsp3) is 0.500. The first kappa shape index (κ1) is 16.2. The quantitative estimate of drug-likeness (QED) is 0.590. The van der Waals surface area contributed by atoms with E-state index in [2.05, 4.69) is 19.2 Å². The van der Waals surface area contributed by atoms with Crippen molar-refractivity contribution in [3.05, 3.63) is 23.2 Å². The summed E-state index contributed by atoms with van der Waals surface area (Å²) in [4.78, 5) is 11.7. The summed E-state index contributed by atoms with van der Waals surface area (Å²) in [5.41, 5.74) is 6.85. The van der Waals surface area contributed by atoms with Gasteiger partial charge in [-0.25, -0.2) is 0 Å². The number of nitrogens with two attached hydrogens (primary N) is 1. The molecule has 19 heavy (non-hydrogen) atoms. The average molecular weight is 301 g/mol. The first-order chi connectivity index (χ1) is 8.99. The lowest BCUT2D eigenvalue weighted by molar-refractivity contribution is -0.116. The predicted molar refractivity (Wildman–Crippen MR) is 85.9 cm³/mol. The topological polar surface area (TPSA) is 55.1 Å². The lowest BCUT2D eigenvalue weighted by Crippen LogP contribution is -2.11. The summed E-state index contributed by atoms with van der Waals surface area (Å²) in [5, 5.41) is 3.33. The van der Waals surface area contributed by atoms with Crippen LogP contribution < -0.4 is 11.1 Å². The van der Waals surface area contributed by atoms with Crippen molar-refractivity contribution in [3.63, 3.8) is 0 Å². The zero-order chi connectivity index (χ0) is 14.3. The number of rotatable bonds is 7. The molecule has 1 aromatic carbocycles. The molecule has 106 valence electrons. The summed E-state index contributed by atoms with van der Waals surface area (Å²) < 4.78 is 0. The van der Waals surface area contributed by atoms with Crippen molar-refractivity contribution < 1.29 is 4.79 Å². The molecule has 0 radical (unpaired) electrons. The molecule has 1 rings (SSSR count). The number of hydrogen-bond acceptors (Lipinski definition) is 3. The highest BCUT2D eigenvalue weighted by molar-refractivity contribution is 7.99. The van der Waals surface area contributed by atoms with Crippen LogP contribution in [0.2, 0.25) is 5.02 Å². The highest BCUT2D eigenvalue weighted by atomic mass is 35.5. The molecule has 0 aliphatic rings. The normalized spacial score (nSPS) is 10.7. The van der Waals surface area contributed by atoms with Crippen molar-refractivity contribution >= 4 is 40.6 Å². The Morgan fingerprint density at radius 2 is 2.21 bits per heavy atom. The molecule has 0 saturated carbocycles. The summed E-state index contributed by atoms with van der Waals surface area (Å²) >= 11 is 7.72. The van der Waals surface area contributed by atoms with E-state index in [1.54, 1.807) is 18.2 Å². The van der Waals surface area contributed by atoms with Crippen LogP contribution in [0.25, 0.3) is 0 Å². The van der Waals surface area contributed by atoms with Gasteiger partial charge in [0, 0.05) is 12.1 Å². The standard InChI is InChI=1S/C14H21ClN2OS/c1-10(2)9-19-7-3-4-14(18)17-11-5-6-12(15)13(16)8-11/h5-6,8,10H,3-4,7,9,16H2,1-2H3,(H,17,18). The third kappa shape index (κ3) is 6.73. The van der Waals surface area contributed by atoms with Gasteiger partial charge in [-0.1, -0.05) is 25.4 Å². The minimum atomic E-state index is 0.0202. The van der Waals surface area contributed by atoms with Crippen LogP contribution in [-0.4, -0.2) is 17.4 Å². The van der Waals surface area contributed by atoms with Crippen molar-refractivity contribution in [2.24, 2.45) is 5.92 Å². The summed E-state index contributed by atoms with van der Waals surface area (Å²) in [6.45, 7) is 4.40. The third-order valence-corrected chi connectivity index (χ3v) is 4.25. The molecule has 0 aliphatic heterocycles. The minimum absolute atomic E-state index is 0.0202. The minimum Gasteiger partial charge on any atom is -0.397 e. The number of nitrogens with one attached hydrogen (secondary N) is 1. The van der Waals surface area contributed by atoms with Crippen LogP contribution in [-0.2, 0) is 4.79 Å². The molecule has 5 heteroatoms. The van der Waals surface area contributed by atoms with Crippen LogP contribution in [0.3, 0.4) is 0 Å². The lowest BCUT2D eigenvalue weighted by Gasteiger charge is -2.07. The molecular weight excluding hydrogens is 280 g/mol. The SMILES string of the molecule is CC(C)CSCCCC(=O)Nc1ccc(Cl)c(N)c1. The van der Waals surface area contributed by atoms with Crippen molar-refractivity contribution in [3.8, 4) is 0 Å². The van der Waals surface area contributed by atoms with Crippen molar-refractivity contribution in [1.29, 1.82) is 0 Å². The van der Waals surface area contributed by atoms with Crippen LogP contribution in [0.5, 0.6) is 0 Å². The van der Waals surface area contributed by atoms with Crippen LogP contribution in [0.1, 0.15) is 26.7 Å². The van der Waals surface area contributed by atoms with Gasteiger partial charge in [-0.3, -0.25) is 4.79 Å². The summed E-state index contributed by atoms with van der Waals surface area (Å²) in [6.07, 6.45) is 1.43. The number of thioether (sulfide) groups is 1. The van der Waals surface area contributed by atoms with E-state index >= 15 is 0 Å². The highest BCUT2D eigenvalue weighted by Crippen LogP contribution is 2.22. The highest BCUT2D eigenvalue weighted by Gasteiger charge is 2.04. The maximum absolute atomic E-state index is 11.7. The number of carbonyl (C=O) groups excluding carboxylic acids is 1. The fourth-order valence-electron chi connectivity index (χ4n) is 1.50. The number of nitrogen functional groups attached to an aromatic ring is 1. The predicted octanol–water partition coefficient (Wildman–Crippen LogP) is 4.03. The van der Waals surface area contributed by atoms with Crippen LogP contribution >= 0.6 is 23.4 Å². The zero-order valence-corrected chi connectivity index (χ0v) is 13.0. The van der Waals surface area contributed by atoms with E-state index in [4.69, 9.17) is 17.3 Å². The van der Waals surface area contributed by atoms with Crippen molar-refractivity contribution in [2.75, 3.05) is 22.6 Å². The maximum Gasteiger partial charge on any atom is 0.224 e. The van der Waals surface area contributed by atoms with E-state index in [1.807, 2.05) is 11.8 Å². The van der Waals surface area contributed by atoms with E-state index in [-0.39, 0.29) is 5.91 Å². The largest absolute Gasteiger partial charge is 0.397 e. The summed E-state index contributed by atoms with van der Waals surface area (Å²) in [5.74, 6) is 2.90. The smallest absolute Gasteiger partial charge is 0.224 e. The lowest BCUT2D eigenvalue weighted by atomic mass is 10.2. The Morgan fingerprint density at radius 1 is 1.47 bits per heavy atom. The number of carbonyl (C=O) groups is 1. The van der Waals surface area contributed by atoms with Gasteiger partial charge in [-0.2, -0.15) is 11.8 Å². The van der Waals surface area contributed by atoms with Gasteiger partial charge in [0.25, 0.3) is 0 Å². The van der Waals surface area contributed by atoms with Crippen LogP contribution in [0.15, 0.2) is 18.2 Å². The number of hydrogen-bond donors (Lipinski definition) is 2. The molecule has 0 unspecified atom stereocenters. The van der Waals surface area contributed by atoms with Gasteiger partial charge in [0.2, 0.25) is 5.91 Å². The molecule has 0 heterocycles. The van der Waals surface area contributed by atoms with Gasteiger partial charge >= 0.3 is 0 Å². The number of anilines is 2. The van der Waals surface area contributed by atoms with Crippen LogP contribution in [0, 0.1) is 5.92 Å². The first-order valence-electron chi connectivity index (χ1n) is 6.41. The van der Waals surface area contributed by atoms with Gasteiger partial charge in [0.15, 0.2) is 0 Å². The molecule has 0 spiro atoms. The molecule has 0 aromatic heterocycles. The van der Waals surface area contributed by atoms with Crippen molar-refractivity contribution in [2.45, 2.75) is 26.7 Å². The Hall–Kier alpha value is -0.870. The summed E-state index contributed by atoms with van der Waals surface area (Å²) in [6, 6.07) is 5.11. The molecule has 3 nitrogen and oxygen atoms in total. The Kier molecular flexibility index (Phi) is 7.10. The van der Waals surface area contributed by atoms with Crippen molar-refractivity contribution in [1.82, 2.24) is 0 Å². The average Bonchev–Trinajstić information content (AvgIpc) is 2.33. The summed E-state index contributed by atoms with van der Waals surface area (Å²) in [7, 11) is 0. The maximum atomic E-state index is 11.7. The van der Waals surface area contributed by atoms with Gasteiger partial charge < -0.3 is 11.1 Å². The van der Waals surface area contributed by atoms with Crippen LogP contribution in [0.4, 0.5) is 11.4 Å². The van der Waals surface area contributed by atoms with E-state index in [0.717, 1.165) is 17.9 Å². The van der Waals surface area contributed by atoms with E-state index in [1.165, 1.54) is 0 Å². The monoisotopic (exact) mass is 300 g/mol. The second-order valence-corrected chi connectivity index (χ2v) is 6.41. The second-order valence-electron chi connectivity index (χ2n) is 4.86. The molecule has 0 fully saturated rings. The van der Waals surface area contributed by atoms with E-state index < -0.39 is 0 Å². The molecule has 1 aromatic rings. The van der Waals surface area contributed by atoms with Gasteiger partial charge in [0.05, 0.1) is 10.7 Å². The number of benzene rings is 1. The first-order valence-corrected chi connectivity index (χ1v) is 7.95. The Labute approximate surface area is 124 Å². The fourth-order valence-corrected chi connectivity index (χ4v) is 2.60. The Balaban J connectivity index is 2.25. The van der Waals surface area contributed by atoms with E-state index in [9.17, 15) is 4.79 Å². The Bertz CT molecular complexity index is 424. The molecule has 3 N–H and O–H groups in total. The number of halogens is 1. The molecule has 1 amide bonds. The second kappa shape index (κ2) is 8.33. The third-order valence-electron chi connectivity index (χ3n) is 2.42. The molecule has 0 aliphatic carbocycles. The Morgan fingerprint density at radius 3 is 2.84 bits per heavy atom. The number of amides is 1. The molecule has 0 saturated heterocycles. The van der Waals surface area contributed by atoms with Gasteiger partial charge in [-0.05, 0) is 42.0 Å². The zero-order valence-electron chi connectivity index (χ0n) is 11.4. The molecule has 0 bridgehead atoms. The van der Waals surface area contributed by atoms with Gasteiger partial charge in [0.1, 0.15) is 0 Å².